The third-order valence-electron chi connectivity index (χ3n) is 3.02. The van der Waals surface area contributed by atoms with E-state index < -0.39 is 0 Å². The van der Waals surface area contributed by atoms with Crippen molar-refractivity contribution in [1.82, 2.24) is 15.0 Å². The van der Waals surface area contributed by atoms with Gasteiger partial charge in [0.25, 0.3) is 0 Å². The summed E-state index contributed by atoms with van der Waals surface area (Å²) >= 11 is 0. The van der Waals surface area contributed by atoms with Crippen LogP contribution in [0, 0.1) is 12.7 Å². The highest BCUT2D eigenvalue weighted by molar-refractivity contribution is 5.26. The molecule has 0 saturated heterocycles. The van der Waals surface area contributed by atoms with Crippen molar-refractivity contribution >= 4 is 0 Å². The summed E-state index contributed by atoms with van der Waals surface area (Å²) in [7, 11) is 0. The molecule has 5 heteroatoms. The summed E-state index contributed by atoms with van der Waals surface area (Å²) in [6.07, 6.45) is 2.64. The second-order valence-corrected chi connectivity index (χ2v) is 4.43. The Morgan fingerprint density at radius 3 is 2.94 bits per heavy atom. The van der Waals surface area contributed by atoms with Crippen molar-refractivity contribution in [3.05, 3.63) is 47.0 Å². The van der Waals surface area contributed by atoms with Crippen LogP contribution in [0.3, 0.4) is 0 Å². The first-order valence-corrected chi connectivity index (χ1v) is 6.00. The summed E-state index contributed by atoms with van der Waals surface area (Å²) in [5.41, 5.74) is 8.58. The van der Waals surface area contributed by atoms with Gasteiger partial charge in [-0.05, 0) is 36.6 Å². The molecule has 1 heterocycles. The van der Waals surface area contributed by atoms with Crippen molar-refractivity contribution in [1.29, 1.82) is 0 Å². The fraction of sp³-hybridized carbons (Fsp3) is 0.385. The van der Waals surface area contributed by atoms with E-state index in [1.807, 2.05) is 20.0 Å². The highest BCUT2D eigenvalue weighted by Crippen LogP contribution is 2.13. The van der Waals surface area contributed by atoms with E-state index >= 15 is 0 Å². The maximum atomic E-state index is 13.2. The average Bonchev–Trinajstić information content (AvgIpc) is 2.81. The summed E-state index contributed by atoms with van der Waals surface area (Å²) in [5.74, 6) is -0.235. The topological polar surface area (TPSA) is 56.7 Å². The standard InChI is InChI=1S/C13H17FN4/c1-3-12(15)13-8-18(17-16-13)7-10-6-11(14)5-4-9(10)2/h4-6,8,12H,3,7,15H2,1-2H3. The molecule has 0 aliphatic rings. The lowest BCUT2D eigenvalue weighted by Crippen LogP contribution is -2.08. The Balaban J connectivity index is 2.18. The summed E-state index contributed by atoms with van der Waals surface area (Å²) in [6, 6.07) is 4.65. The normalized spacial score (nSPS) is 12.7. The number of benzene rings is 1. The van der Waals surface area contributed by atoms with Crippen LogP contribution in [0.2, 0.25) is 0 Å². The fourth-order valence-corrected chi connectivity index (χ4v) is 1.75. The largest absolute Gasteiger partial charge is 0.323 e. The van der Waals surface area contributed by atoms with Crippen LogP contribution in [0.1, 0.15) is 36.2 Å². The molecular formula is C13H17FN4. The molecule has 2 rings (SSSR count). The van der Waals surface area contributed by atoms with Crippen molar-refractivity contribution < 1.29 is 4.39 Å². The molecular weight excluding hydrogens is 231 g/mol. The van der Waals surface area contributed by atoms with Crippen LogP contribution in [-0.2, 0) is 6.54 Å². The number of rotatable bonds is 4. The number of nitrogens with two attached hydrogens (primary N) is 1. The van der Waals surface area contributed by atoms with Crippen LogP contribution in [0.4, 0.5) is 4.39 Å². The molecule has 18 heavy (non-hydrogen) atoms. The maximum Gasteiger partial charge on any atom is 0.123 e. The van der Waals surface area contributed by atoms with Crippen molar-refractivity contribution in [2.24, 2.45) is 5.73 Å². The van der Waals surface area contributed by atoms with Gasteiger partial charge in [-0.2, -0.15) is 0 Å². The monoisotopic (exact) mass is 248 g/mol. The van der Waals surface area contributed by atoms with E-state index in [1.165, 1.54) is 12.1 Å². The van der Waals surface area contributed by atoms with E-state index in [0.717, 1.165) is 23.2 Å². The third kappa shape index (κ3) is 2.73. The van der Waals surface area contributed by atoms with Gasteiger partial charge in [0.05, 0.1) is 24.5 Å². The first-order chi connectivity index (χ1) is 8.60. The molecule has 4 nitrogen and oxygen atoms in total. The Morgan fingerprint density at radius 2 is 2.22 bits per heavy atom. The molecule has 0 saturated carbocycles. The van der Waals surface area contributed by atoms with E-state index in [-0.39, 0.29) is 11.9 Å². The molecule has 0 radical (unpaired) electrons. The molecule has 0 spiro atoms. The van der Waals surface area contributed by atoms with Gasteiger partial charge in [0, 0.05) is 0 Å². The summed E-state index contributed by atoms with van der Waals surface area (Å²) in [4.78, 5) is 0. The Kier molecular flexibility index (Phi) is 3.72. The summed E-state index contributed by atoms with van der Waals surface area (Å²) in [6.45, 7) is 4.46. The lowest BCUT2D eigenvalue weighted by molar-refractivity contribution is 0.612. The molecule has 2 N–H and O–H groups in total. The zero-order valence-electron chi connectivity index (χ0n) is 10.6. The van der Waals surface area contributed by atoms with Crippen molar-refractivity contribution in [3.63, 3.8) is 0 Å². The second-order valence-electron chi connectivity index (χ2n) is 4.43. The van der Waals surface area contributed by atoms with Gasteiger partial charge in [-0.3, -0.25) is 0 Å². The van der Waals surface area contributed by atoms with Crippen LogP contribution in [0.5, 0.6) is 0 Å². The minimum Gasteiger partial charge on any atom is -0.323 e. The van der Waals surface area contributed by atoms with Crippen molar-refractivity contribution in [2.45, 2.75) is 32.9 Å². The highest BCUT2D eigenvalue weighted by atomic mass is 19.1. The van der Waals surface area contributed by atoms with E-state index in [2.05, 4.69) is 10.3 Å². The summed E-state index contributed by atoms with van der Waals surface area (Å²) < 4.78 is 14.9. The van der Waals surface area contributed by atoms with Gasteiger partial charge in [0.15, 0.2) is 0 Å². The molecule has 0 aliphatic heterocycles. The number of hydrogen-bond donors (Lipinski definition) is 1. The number of halogens is 1. The molecule has 0 amide bonds. The number of aryl methyl sites for hydroxylation is 1. The van der Waals surface area contributed by atoms with Gasteiger partial charge in [-0.15, -0.1) is 5.10 Å². The van der Waals surface area contributed by atoms with Gasteiger partial charge in [0.2, 0.25) is 0 Å². The number of nitrogens with zero attached hydrogens (tertiary/aromatic N) is 3. The van der Waals surface area contributed by atoms with Gasteiger partial charge in [-0.25, -0.2) is 9.07 Å². The van der Waals surface area contributed by atoms with Crippen LogP contribution < -0.4 is 5.73 Å². The minimum absolute atomic E-state index is 0.0904. The van der Waals surface area contributed by atoms with Gasteiger partial charge < -0.3 is 5.73 Å². The zero-order chi connectivity index (χ0) is 13.1. The lowest BCUT2D eigenvalue weighted by Gasteiger charge is -2.05. The Labute approximate surface area is 106 Å². The zero-order valence-corrected chi connectivity index (χ0v) is 10.6. The molecule has 0 bridgehead atoms. The van der Waals surface area contributed by atoms with Crippen molar-refractivity contribution in [2.75, 3.05) is 0 Å². The predicted molar refractivity (Wildman–Crippen MR) is 67.5 cm³/mol. The molecule has 0 fully saturated rings. The van der Waals surface area contributed by atoms with Crippen LogP contribution in [-0.4, -0.2) is 15.0 Å². The van der Waals surface area contributed by atoms with Crippen LogP contribution >= 0.6 is 0 Å². The first-order valence-electron chi connectivity index (χ1n) is 6.00. The first kappa shape index (κ1) is 12.7. The van der Waals surface area contributed by atoms with Gasteiger partial charge in [0.1, 0.15) is 5.82 Å². The van der Waals surface area contributed by atoms with Crippen molar-refractivity contribution in [3.8, 4) is 0 Å². The van der Waals surface area contributed by atoms with Gasteiger partial charge in [-0.1, -0.05) is 18.2 Å². The maximum absolute atomic E-state index is 13.2. The average molecular weight is 248 g/mol. The Morgan fingerprint density at radius 1 is 1.44 bits per heavy atom. The third-order valence-corrected chi connectivity index (χ3v) is 3.02. The predicted octanol–water partition coefficient (Wildman–Crippen LogP) is 2.18. The fourth-order valence-electron chi connectivity index (χ4n) is 1.75. The van der Waals surface area contributed by atoms with E-state index in [4.69, 9.17) is 5.73 Å². The van der Waals surface area contributed by atoms with E-state index in [9.17, 15) is 4.39 Å². The van der Waals surface area contributed by atoms with Crippen LogP contribution in [0.15, 0.2) is 24.4 Å². The van der Waals surface area contributed by atoms with Crippen LogP contribution in [0.25, 0.3) is 0 Å². The SMILES string of the molecule is CCC(N)c1cn(Cc2cc(F)ccc2C)nn1. The molecule has 1 aromatic heterocycles. The molecule has 96 valence electrons. The molecule has 1 atom stereocenters. The highest BCUT2D eigenvalue weighted by Gasteiger charge is 2.09. The second kappa shape index (κ2) is 5.27. The smallest absolute Gasteiger partial charge is 0.123 e. The Hall–Kier alpha value is -1.75. The number of hydrogen-bond acceptors (Lipinski definition) is 3. The molecule has 0 aliphatic carbocycles. The molecule has 2 aromatic rings. The minimum atomic E-state index is -0.235. The number of aromatic nitrogens is 3. The molecule has 1 unspecified atom stereocenters. The van der Waals surface area contributed by atoms with E-state index in [0.29, 0.717) is 6.54 Å². The molecule has 1 aromatic carbocycles. The lowest BCUT2D eigenvalue weighted by atomic mass is 10.1. The quantitative estimate of drug-likeness (QED) is 0.902. The van der Waals surface area contributed by atoms with E-state index in [1.54, 1.807) is 10.7 Å². The summed E-state index contributed by atoms with van der Waals surface area (Å²) in [5, 5.41) is 8.04. The van der Waals surface area contributed by atoms with Gasteiger partial charge >= 0.3 is 0 Å². The Bertz CT molecular complexity index is 536.